The Kier molecular flexibility index (Phi) is 9.82. The molecule has 0 radical (unpaired) electrons. The van der Waals surface area contributed by atoms with Crippen LogP contribution in [0.25, 0.3) is 0 Å². The lowest BCUT2D eigenvalue weighted by molar-refractivity contribution is -0.130. The number of benzene rings is 1. The molecule has 0 aliphatic heterocycles. The van der Waals surface area contributed by atoms with Crippen LogP contribution in [-0.2, 0) is 16.0 Å². The van der Waals surface area contributed by atoms with Crippen LogP contribution in [0.15, 0.2) is 30.3 Å². The topological polar surface area (TPSA) is 114 Å². The van der Waals surface area contributed by atoms with E-state index in [1.165, 1.54) is 0 Å². The molecule has 1 aromatic rings. The standard InChI is InChI=1S/C20H33N3O4/c1-20(2,3)27-19(26)23-13-8-7-11-16(21)17(24)18(25)22-14-12-15-9-5-4-6-10-15/h4-6,9-10,16-17,24H,7-8,11-14,21H2,1-3H3,(H,22,25)(H,23,26)/t16-,17?/m0/s1. The molecule has 2 amide bonds. The summed E-state index contributed by atoms with van der Waals surface area (Å²) >= 11 is 0. The maximum atomic E-state index is 12.0. The van der Waals surface area contributed by atoms with Gasteiger partial charge in [0.25, 0.3) is 0 Å². The van der Waals surface area contributed by atoms with Gasteiger partial charge in [-0.15, -0.1) is 0 Å². The number of carbonyl (C=O) groups is 2. The lowest BCUT2D eigenvalue weighted by Gasteiger charge is -2.20. The van der Waals surface area contributed by atoms with E-state index in [0.29, 0.717) is 38.8 Å². The van der Waals surface area contributed by atoms with Crippen LogP contribution in [0.4, 0.5) is 4.79 Å². The van der Waals surface area contributed by atoms with Crippen molar-refractivity contribution < 1.29 is 19.4 Å². The summed E-state index contributed by atoms with van der Waals surface area (Å²) in [6.45, 7) is 6.32. The number of ether oxygens (including phenoxy) is 1. The fraction of sp³-hybridized carbons (Fsp3) is 0.600. The van der Waals surface area contributed by atoms with E-state index in [1.807, 2.05) is 30.3 Å². The van der Waals surface area contributed by atoms with Crippen molar-refractivity contribution in [2.75, 3.05) is 13.1 Å². The first-order valence-electron chi connectivity index (χ1n) is 9.41. The number of alkyl carbamates (subject to hydrolysis) is 1. The maximum Gasteiger partial charge on any atom is 0.407 e. The van der Waals surface area contributed by atoms with Gasteiger partial charge in [0.05, 0.1) is 0 Å². The summed E-state index contributed by atoms with van der Waals surface area (Å²) in [5, 5.41) is 15.4. The number of amides is 2. The third kappa shape index (κ3) is 10.6. The van der Waals surface area contributed by atoms with E-state index in [-0.39, 0.29) is 0 Å². The molecule has 0 saturated carbocycles. The molecule has 0 heterocycles. The van der Waals surface area contributed by atoms with Gasteiger partial charge in [-0.2, -0.15) is 0 Å². The second-order valence-corrected chi connectivity index (χ2v) is 7.56. The SMILES string of the molecule is CC(C)(C)OC(=O)NCCCC[C@H](N)C(O)C(=O)NCCc1ccccc1. The van der Waals surface area contributed by atoms with Crippen molar-refractivity contribution in [2.45, 2.75) is 64.2 Å². The second-order valence-electron chi connectivity index (χ2n) is 7.56. The number of hydrogen-bond acceptors (Lipinski definition) is 5. The molecule has 7 heteroatoms. The van der Waals surface area contributed by atoms with Crippen LogP contribution in [0.3, 0.4) is 0 Å². The number of aliphatic hydroxyl groups excluding tert-OH is 1. The third-order valence-electron chi connectivity index (χ3n) is 3.86. The van der Waals surface area contributed by atoms with E-state index in [1.54, 1.807) is 20.8 Å². The van der Waals surface area contributed by atoms with Crippen LogP contribution in [0.2, 0.25) is 0 Å². The van der Waals surface area contributed by atoms with Gasteiger partial charge >= 0.3 is 6.09 Å². The Labute approximate surface area is 161 Å². The van der Waals surface area contributed by atoms with Gasteiger partial charge < -0.3 is 26.2 Å². The van der Waals surface area contributed by atoms with Crippen LogP contribution in [0, 0.1) is 0 Å². The molecule has 0 saturated heterocycles. The summed E-state index contributed by atoms with van der Waals surface area (Å²) in [6.07, 6.45) is 0.874. The van der Waals surface area contributed by atoms with Crippen molar-refractivity contribution in [1.82, 2.24) is 10.6 Å². The van der Waals surface area contributed by atoms with Crippen LogP contribution in [0.5, 0.6) is 0 Å². The first-order valence-corrected chi connectivity index (χ1v) is 9.41. The third-order valence-corrected chi connectivity index (χ3v) is 3.86. The van der Waals surface area contributed by atoms with Crippen molar-refractivity contribution >= 4 is 12.0 Å². The molecule has 0 fully saturated rings. The number of unbranched alkanes of at least 4 members (excludes halogenated alkanes) is 1. The molecule has 0 bridgehead atoms. The zero-order chi connectivity index (χ0) is 20.3. The lowest BCUT2D eigenvalue weighted by atomic mass is 10.0. The number of nitrogens with one attached hydrogen (secondary N) is 2. The molecule has 0 spiro atoms. The predicted octanol–water partition coefficient (Wildman–Crippen LogP) is 1.73. The van der Waals surface area contributed by atoms with Gasteiger partial charge in [0, 0.05) is 19.1 Å². The number of rotatable bonds is 10. The minimum atomic E-state index is -1.24. The highest BCUT2D eigenvalue weighted by molar-refractivity contribution is 5.81. The van der Waals surface area contributed by atoms with E-state index in [2.05, 4.69) is 10.6 Å². The van der Waals surface area contributed by atoms with Crippen molar-refractivity contribution in [3.8, 4) is 0 Å². The monoisotopic (exact) mass is 379 g/mol. The summed E-state index contributed by atoms with van der Waals surface area (Å²) in [7, 11) is 0. The quantitative estimate of drug-likeness (QED) is 0.462. The fourth-order valence-corrected chi connectivity index (χ4v) is 2.44. The summed E-state index contributed by atoms with van der Waals surface area (Å²) < 4.78 is 5.14. The molecule has 0 aliphatic carbocycles. The molecule has 1 rings (SSSR count). The second kappa shape index (κ2) is 11.6. The van der Waals surface area contributed by atoms with E-state index >= 15 is 0 Å². The number of aliphatic hydroxyl groups is 1. The molecule has 0 aromatic heterocycles. The van der Waals surface area contributed by atoms with E-state index in [4.69, 9.17) is 10.5 Å². The summed E-state index contributed by atoms with van der Waals surface area (Å²) in [4.78, 5) is 23.5. The highest BCUT2D eigenvalue weighted by Crippen LogP contribution is 2.07. The van der Waals surface area contributed by atoms with Crippen molar-refractivity contribution in [2.24, 2.45) is 5.73 Å². The first-order chi connectivity index (χ1) is 12.7. The van der Waals surface area contributed by atoms with Gasteiger partial charge in [-0.25, -0.2) is 4.79 Å². The predicted molar refractivity (Wildman–Crippen MR) is 105 cm³/mol. The number of carbonyl (C=O) groups excluding carboxylic acids is 2. The summed E-state index contributed by atoms with van der Waals surface area (Å²) in [5.41, 5.74) is 6.50. The van der Waals surface area contributed by atoms with Crippen LogP contribution in [0.1, 0.15) is 45.6 Å². The van der Waals surface area contributed by atoms with Gasteiger partial charge in [-0.05, 0) is 45.6 Å². The molecule has 152 valence electrons. The summed E-state index contributed by atoms with van der Waals surface area (Å²) in [5.74, 6) is -0.453. The van der Waals surface area contributed by atoms with E-state index in [9.17, 15) is 14.7 Å². The van der Waals surface area contributed by atoms with Crippen molar-refractivity contribution in [1.29, 1.82) is 0 Å². The van der Waals surface area contributed by atoms with Crippen molar-refractivity contribution in [3.05, 3.63) is 35.9 Å². The van der Waals surface area contributed by atoms with Crippen molar-refractivity contribution in [3.63, 3.8) is 0 Å². The molecule has 2 atom stereocenters. The van der Waals surface area contributed by atoms with Crippen LogP contribution >= 0.6 is 0 Å². The highest BCUT2D eigenvalue weighted by atomic mass is 16.6. The van der Waals surface area contributed by atoms with Gasteiger partial charge in [0.1, 0.15) is 11.7 Å². The van der Waals surface area contributed by atoms with Gasteiger partial charge in [-0.1, -0.05) is 36.8 Å². The Balaban J connectivity index is 2.15. The average Bonchev–Trinajstić information content (AvgIpc) is 2.59. The van der Waals surface area contributed by atoms with E-state index in [0.717, 1.165) is 5.56 Å². The average molecular weight is 380 g/mol. The largest absolute Gasteiger partial charge is 0.444 e. The minimum absolute atomic E-state index is 0.451. The molecule has 27 heavy (non-hydrogen) atoms. The smallest absolute Gasteiger partial charge is 0.407 e. The molecule has 5 N–H and O–H groups in total. The Hall–Kier alpha value is -2.12. The van der Waals surface area contributed by atoms with Gasteiger partial charge in [0.15, 0.2) is 0 Å². The van der Waals surface area contributed by atoms with Gasteiger partial charge in [-0.3, -0.25) is 4.79 Å². The number of nitrogens with two attached hydrogens (primary N) is 1. The molecule has 1 unspecified atom stereocenters. The van der Waals surface area contributed by atoms with Gasteiger partial charge in [0.2, 0.25) is 5.91 Å². The van der Waals surface area contributed by atoms with Crippen LogP contribution < -0.4 is 16.4 Å². The Morgan fingerprint density at radius 2 is 1.78 bits per heavy atom. The minimum Gasteiger partial charge on any atom is -0.444 e. The normalized spacial score (nSPS) is 13.5. The Morgan fingerprint density at radius 1 is 1.11 bits per heavy atom. The summed E-state index contributed by atoms with van der Waals surface area (Å²) in [6, 6.07) is 9.16. The molecule has 1 aromatic carbocycles. The zero-order valence-corrected chi connectivity index (χ0v) is 16.5. The van der Waals surface area contributed by atoms with E-state index < -0.39 is 29.7 Å². The number of hydrogen-bond donors (Lipinski definition) is 4. The lowest BCUT2D eigenvalue weighted by Crippen LogP contribution is -2.46. The Morgan fingerprint density at radius 3 is 2.41 bits per heavy atom. The molecule has 0 aliphatic rings. The molecular weight excluding hydrogens is 346 g/mol. The first kappa shape index (κ1) is 22.9. The maximum absolute atomic E-state index is 12.0. The highest BCUT2D eigenvalue weighted by Gasteiger charge is 2.22. The van der Waals surface area contributed by atoms with Crippen LogP contribution in [-0.4, -0.2) is 47.9 Å². The molecule has 7 nitrogen and oxygen atoms in total. The zero-order valence-electron chi connectivity index (χ0n) is 16.5. The molecular formula is C20H33N3O4. The Bertz CT molecular complexity index is 572. The fourth-order valence-electron chi connectivity index (χ4n) is 2.44.